The van der Waals surface area contributed by atoms with Crippen LogP contribution in [0.3, 0.4) is 0 Å². The van der Waals surface area contributed by atoms with Crippen molar-refractivity contribution in [1.29, 1.82) is 0 Å². The van der Waals surface area contributed by atoms with Crippen molar-refractivity contribution < 1.29 is 22.7 Å². The Morgan fingerprint density at radius 2 is 2.12 bits per heavy atom. The van der Waals surface area contributed by atoms with Crippen molar-refractivity contribution in [1.82, 2.24) is 4.98 Å². The maximum Gasteiger partial charge on any atom is 0.416 e. The molecule has 3 N–H and O–H groups in total. The van der Waals surface area contributed by atoms with E-state index < -0.39 is 17.8 Å². The van der Waals surface area contributed by atoms with Crippen molar-refractivity contribution >= 4 is 11.1 Å². The smallest absolute Gasteiger partial charge is 0.416 e. The summed E-state index contributed by atoms with van der Waals surface area (Å²) >= 11 is 0. The fourth-order valence-corrected chi connectivity index (χ4v) is 1.36. The van der Waals surface area contributed by atoms with E-state index in [4.69, 9.17) is 10.2 Å². The average molecular weight is 246 g/mol. The van der Waals surface area contributed by atoms with Crippen LogP contribution in [0.2, 0.25) is 0 Å². The van der Waals surface area contributed by atoms with Gasteiger partial charge in [0.25, 0.3) is 0 Å². The van der Waals surface area contributed by atoms with Crippen molar-refractivity contribution in [2.24, 2.45) is 5.73 Å². The minimum absolute atomic E-state index is 0.0438. The van der Waals surface area contributed by atoms with Gasteiger partial charge in [-0.3, -0.25) is 0 Å². The Hall–Kier alpha value is -1.60. The van der Waals surface area contributed by atoms with E-state index in [0.717, 1.165) is 18.2 Å². The number of halogens is 3. The number of aliphatic hydroxyl groups is 1. The van der Waals surface area contributed by atoms with Crippen LogP contribution >= 0.6 is 0 Å². The Bertz CT molecular complexity index is 536. The Labute approximate surface area is 93.9 Å². The summed E-state index contributed by atoms with van der Waals surface area (Å²) in [6.45, 7) is -0.112. The summed E-state index contributed by atoms with van der Waals surface area (Å²) in [5.41, 5.74) is 4.61. The predicted molar refractivity (Wildman–Crippen MR) is 53.0 cm³/mol. The molecule has 1 aromatic carbocycles. The van der Waals surface area contributed by atoms with Gasteiger partial charge in [-0.2, -0.15) is 13.2 Å². The molecule has 0 fully saturated rings. The van der Waals surface area contributed by atoms with Gasteiger partial charge in [0.05, 0.1) is 5.56 Å². The average Bonchev–Trinajstić information content (AvgIpc) is 2.69. The van der Waals surface area contributed by atoms with Gasteiger partial charge in [0, 0.05) is 6.54 Å². The third-order valence-electron chi connectivity index (χ3n) is 2.24. The lowest BCUT2D eigenvalue weighted by atomic mass is 10.2. The first kappa shape index (κ1) is 11.9. The van der Waals surface area contributed by atoms with Gasteiger partial charge < -0.3 is 15.3 Å². The molecular formula is C10H9F3N2O2. The molecular weight excluding hydrogens is 237 g/mol. The molecule has 0 aliphatic rings. The van der Waals surface area contributed by atoms with Crippen LogP contribution in [0.5, 0.6) is 0 Å². The van der Waals surface area contributed by atoms with Gasteiger partial charge in [0.15, 0.2) is 5.58 Å². The zero-order valence-corrected chi connectivity index (χ0v) is 8.53. The maximum atomic E-state index is 12.4. The molecule has 2 aromatic rings. The first-order valence-corrected chi connectivity index (χ1v) is 4.77. The molecule has 0 spiro atoms. The Morgan fingerprint density at radius 1 is 1.41 bits per heavy atom. The number of hydrogen-bond acceptors (Lipinski definition) is 4. The minimum Gasteiger partial charge on any atom is -0.438 e. The third kappa shape index (κ3) is 2.25. The van der Waals surface area contributed by atoms with Gasteiger partial charge in [-0.1, -0.05) is 0 Å². The molecule has 17 heavy (non-hydrogen) atoms. The Balaban J connectivity index is 2.48. The molecule has 0 saturated heterocycles. The van der Waals surface area contributed by atoms with Crippen LogP contribution in [0, 0.1) is 0 Å². The zero-order valence-electron chi connectivity index (χ0n) is 8.53. The molecule has 0 bridgehead atoms. The van der Waals surface area contributed by atoms with E-state index in [-0.39, 0.29) is 23.5 Å². The number of rotatable bonds is 2. The number of alkyl halides is 3. The molecule has 0 amide bonds. The monoisotopic (exact) mass is 246 g/mol. The van der Waals surface area contributed by atoms with Gasteiger partial charge in [-0.15, -0.1) is 0 Å². The largest absolute Gasteiger partial charge is 0.438 e. The highest BCUT2D eigenvalue weighted by molar-refractivity contribution is 5.73. The molecule has 0 aliphatic carbocycles. The van der Waals surface area contributed by atoms with E-state index >= 15 is 0 Å². The lowest BCUT2D eigenvalue weighted by Gasteiger charge is -2.04. The van der Waals surface area contributed by atoms with Crippen LogP contribution < -0.4 is 5.73 Å². The van der Waals surface area contributed by atoms with Crippen LogP contribution in [0.1, 0.15) is 17.6 Å². The molecule has 2 rings (SSSR count). The molecule has 4 nitrogen and oxygen atoms in total. The standard InChI is InChI=1S/C10H9F3N2O2/c11-10(12,13)5-1-2-8-6(3-5)15-9(17-8)7(16)4-14/h1-3,7,16H,4,14H2. The van der Waals surface area contributed by atoms with Gasteiger partial charge in [0.1, 0.15) is 11.6 Å². The number of aromatic nitrogens is 1. The van der Waals surface area contributed by atoms with Crippen LogP contribution in [0.15, 0.2) is 22.6 Å². The number of oxazole rings is 1. The SMILES string of the molecule is NCC(O)c1nc2cc(C(F)(F)F)ccc2o1. The summed E-state index contributed by atoms with van der Waals surface area (Å²) < 4.78 is 42.3. The number of benzene rings is 1. The summed E-state index contributed by atoms with van der Waals surface area (Å²) in [6.07, 6.45) is -5.54. The number of fused-ring (bicyclic) bond motifs is 1. The molecule has 92 valence electrons. The lowest BCUT2D eigenvalue weighted by molar-refractivity contribution is -0.137. The Kier molecular flexibility index (Phi) is 2.80. The molecule has 1 heterocycles. The van der Waals surface area contributed by atoms with Gasteiger partial charge in [-0.05, 0) is 18.2 Å². The maximum absolute atomic E-state index is 12.4. The van der Waals surface area contributed by atoms with Crippen molar-refractivity contribution in [3.05, 3.63) is 29.7 Å². The van der Waals surface area contributed by atoms with Crippen molar-refractivity contribution in [3.8, 4) is 0 Å². The zero-order chi connectivity index (χ0) is 12.6. The predicted octanol–water partition coefficient (Wildman–Crippen LogP) is 1.84. The van der Waals surface area contributed by atoms with Crippen molar-refractivity contribution in [2.75, 3.05) is 6.54 Å². The Morgan fingerprint density at radius 3 is 2.71 bits per heavy atom. The number of hydrogen-bond donors (Lipinski definition) is 2. The van der Waals surface area contributed by atoms with E-state index in [9.17, 15) is 18.3 Å². The molecule has 7 heteroatoms. The van der Waals surface area contributed by atoms with E-state index in [0.29, 0.717) is 0 Å². The third-order valence-corrected chi connectivity index (χ3v) is 2.24. The first-order valence-electron chi connectivity index (χ1n) is 4.77. The van der Waals surface area contributed by atoms with Crippen molar-refractivity contribution in [2.45, 2.75) is 12.3 Å². The van der Waals surface area contributed by atoms with Gasteiger partial charge in [-0.25, -0.2) is 4.98 Å². The second-order valence-electron chi connectivity index (χ2n) is 3.48. The minimum atomic E-state index is -4.43. The summed E-state index contributed by atoms with van der Waals surface area (Å²) in [5, 5.41) is 9.36. The van der Waals surface area contributed by atoms with E-state index in [1.165, 1.54) is 0 Å². The number of aliphatic hydroxyl groups excluding tert-OH is 1. The first-order chi connectivity index (χ1) is 7.91. The van der Waals surface area contributed by atoms with Gasteiger partial charge in [0.2, 0.25) is 5.89 Å². The highest BCUT2D eigenvalue weighted by Gasteiger charge is 2.31. The molecule has 0 saturated carbocycles. The topological polar surface area (TPSA) is 72.3 Å². The second-order valence-corrected chi connectivity index (χ2v) is 3.48. The summed E-state index contributed by atoms with van der Waals surface area (Å²) in [6, 6.07) is 2.93. The van der Waals surface area contributed by atoms with E-state index in [1.807, 2.05) is 0 Å². The highest BCUT2D eigenvalue weighted by atomic mass is 19.4. The molecule has 1 atom stereocenters. The molecule has 0 radical (unpaired) electrons. The van der Waals surface area contributed by atoms with E-state index in [2.05, 4.69) is 4.98 Å². The fraction of sp³-hybridized carbons (Fsp3) is 0.300. The summed E-state index contributed by atoms with van der Waals surface area (Å²) in [5.74, 6) is -0.0816. The quantitative estimate of drug-likeness (QED) is 0.848. The number of nitrogens with zero attached hydrogens (tertiary/aromatic N) is 1. The summed E-state index contributed by atoms with van der Waals surface area (Å²) in [4.78, 5) is 3.76. The summed E-state index contributed by atoms with van der Waals surface area (Å²) in [7, 11) is 0. The van der Waals surface area contributed by atoms with Crippen LogP contribution in [0.4, 0.5) is 13.2 Å². The van der Waals surface area contributed by atoms with Crippen LogP contribution in [-0.2, 0) is 6.18 Å². The second kappa shape index (κ2) is 4.01. The highest BCUT2D eigenvalue weighted by Crippen LogP contribution is 2.31. The number of nitrogens with two attached hydrogens (primary N) is 1. The van der Waals surface area contributed by atoms with Crippen LogP contribution in [0.25, 0.3) is 11.1 Å². The normalized spacial score (nSPS) is 14.2. The lowest BCUT2D eigenvalue weighted by Crippen LogP contribution is -2.11. The van der Waals surface area contributed by atoms with Crippen LogP contribution in [-0.4, -0.2) is 16.6 Å². The molecule has 0 aliphatic heterocycles. The fourth-order valence-electron chi connectivity index (χ4n) is 1.36. The van der Waals surface area contributed by atoms with Crippen molar-refractivity contribution in [3.63, 3.8) is 0 Å². The molecule has 1 unspecified atom stereocenters. The molecule has 1 aromatic heterocycles. The van der Waals surface area contributed by atoms with Gasteiger partial charge >= 0.3 is 6.18 Å². The van der Waals surface area contributed by atoms with E-state index in [1.54, 1.807) is 0 Å².